The fraction of sp³-hybridized carbons (Fsp3) is 0.500. The van der Waals surface area contributed by atoms with Crippen LogP contribution in [0.15, 0.2) is 54.6 Å². The number of hydrogen-bond acceptors (Lipinski definition) is 9. The van der Waals surface area contributed by atoms with Gasteiger partial charge in [0.25, 0.3) is 0 Å². The van der Waals surface area contributed by atoms with Crippen molar-refractivity contribution in [3.63, 3.8) is 0 Å². The Morgan fingerprint density at radius 3 is 2.12 bits per heavy atom. The molecule has 0 aliphatic rings. The number of carbonyl (C=O) groups is 6. The van der Waals surface area contributed by atoms with Crippen molar-refractivity contribution in [3.05, 3.63) is 55.1 Å². The average molecular weight is 671 g/mol. The second-order valence-electron chi connectivity index (χ2n) is 11.2. The van der Waals surface area contributed by atoms with E-state index in [9.17, 15) is 28.8 Å². The van der Waals surface area contributed by atoms with Crippen molar-refractivity contribution < 1.29 is 38.2 Å². The number of amides is 3. The summed E-state index contributed by atoms with van der Waals surface area (Å²) >= 11 is 0. The molecule has 0 aromatic heterocycles. The quantitative estimate of drug-likeness (QED) is 0.0348. The summed E-state index contributed by atoms with van der Waals surface area (Å²) in [7, 11) is 2.76. The number of aliphatic imine (C=N–C) groups is 1. The Hall–Kier alpha value is -5.01. The third kappa shape index (κ3) is 16.0. The van der Waals surface area contributed by atoms with Crippen LogP contribution in [0.5, 0.6) is 5.75 Å². The van der Waals surface area contributed by atoms with Crippen LogP contribution in [0.3, 0.4) is 0 Å². The molecule has 4 atom stereocenters. The number of nitrogens with zero attached hydrogens (tertiary/aromatic N) is 1. The number of nitrogens with one attached hydrogen (secondary N) is 3. The maximum absolute atomic E-state index is 13.6. The Morgan fingerprint density at radius 1 is 0.917 bits per heavy atom. The highest BCUT2D eigenvalue weighted by molar-refractivity contribution is 5.95. The number of primary amides is 1. The van der Waals surface area contributed by atoms with Crippen LogP contribution < -0.4 is 32.2 Å². The number of nitrogens with two attached hydrogens (primary N) is 2. The van der Waals surface area contributed by atoms with Gasteiger partial charge in [-0.15, -0.1) is 6.58 Å². The lowest BCUT2D eigenvalue weighted by Gasteiger charge is -2.24. The van der Waals surface area contributed by atoms with E-state index < -0.39 is 59.2 Å². The van der Waals surface area contributed by atoms with E-state index >= 15 is 0 Å². The molecule has 1 aromatic carbocycles. The highest BCUT2D eigenvalue weighted by Crippen LogP contribution is 2.20. The molecule has 0 heterocycles. The minimum absolute atomic E-state index is 0.0566. The van der Waals surface area contributed by atoms with Crippen LogP contribution in [0.1, 0.15) is 57.4 Å². The molecule has 0 aliphatic carbocycles. The molecule has 0 fully saturated rings. The van der Waals surface area contributed by atoms with Crippen molar-refractivity contribution in [1.82, 2.24) is 16.0 Å². The van der Waals surface area contributed by atoms with E-state index in [2.05, 4.69) is 34.1 Å². The van der Waals surface area contributed by atoms with Crippen LogP contribution in [-0.4, -0.2) is 80.6 Å². The van der Waals surface area contributed by atoms with Gasteiger partial charge in [-0.2, -0.15) is 0 Å². The van der Waals surface area contributed by atoms with E-state index in [-0.39, 0.29) is 44.5 Å². The van der Waals surface area contributed by atoms with E-state index in [4.69, 9.17) is 20.9 Å². The van der Waals surface area contributed by atoms with E-state index in [1.54, 1.807) is 30.3 Å². The summed E-state index contributed by atoms with van der Waals surface area (Å²) in [5.41, 5.74) is 11.7. The first-order valence-corrected chi connectivity index (χ1v) is 15.7. The highest BCUT2D eigenvalue weighted by Gasteiger charge is 2.32. The molecule has 0 saturated heterocycles. The molecular formula is C34H50N6O8. The third-order valence-electron chi connectivity index (χ3n) is 7.42. The molecule has 7 N–H and O–H groups in total. The molecule has 0 spiro atoms. The van der Waals surface area contributed by atoms with Gasteiger partial charge in [0.05, 0.1) is 25.1 Å². The maximum atomic E-state index is 13.6. The van der Waals surface area contributed by atoms with Crippen molar-refractivity contribution in [2.45, 2.75) is 70.4 Å². The molecule has 1 aromatic rings. The predicted molar refractivity (Wildman–Crippen MR) is 182 cm³/mol. The van der Waals surface area contributed by atoms with Crippen LogP contribution in [0.2, 0.25) is 0 Å². The molecule has 0 aliphatic heterocycles. The summed E-state index contributed by atoms with van der Waals surface area (Å²) in [5, 5.41) is 8.21. The number of esters is 1. The van der Waals surface area contributed by atoms with Crippen LogP contribution in [0.25, 0.3) is 0 Å². The zero-order valence-electron chi connectivity index (χ0n) is 28.1. The fourth-order valence-electron chi connectivity index (χ4n) is 4.86. The highest BCUT2D eigenvalue weighted by atomic mass is 16.5. The average Bonchev–Trinajstić information content (AvgIpc) is 3.05. The van der Waals surface area contributed by atoms with Crippen molar-refractivity contribution in [3.8, 4) is 5.75 Å². The smallest absolute Gasteiger partial charge is 0.309 e. The number of rotatable bonds is 24. The van der Waals surface area contributed by atoms with Crippen LogP contribution in [0, 0.1) is 11.8 Å². The summed E-state index contributed by atoms with van der Waals surface area (Å²) < 4.78 is 10.4. The maximum Gasteiger partial charge on any atom is 0.309 e. The first-order chi connectivity index (χ1) is 22.8. The molecular weight excluding hydrogens is 620 g/mol. The Morgan fingerprint density at radius 2 is 1.56 bits per heavy atom. The lowest BCUT2D eigenvalue weighted by Crippen LogP contribution is -2.47. The monoisotopic (exact) mass is 670 g/mol. The van der Waals surface area contributed by atoms with Crippen molar-refractivity contribution >= 4 is 41.2 Å². The Balaban J connectivity index is 3.11. The number of ketones is 2. The number of guanidine groups is 1. The third-order valence-corrected chi connectivity index (χ3v) is 7.42. The predicted octanol–water partition coefficient (Wildman–Crippen LogP) is 1.26. The Labute approximate surface area is 282 Å². The molecule has 264 valence electrons. The number of hydrogen-bond donors (Lipinski definition) is 5. The minimum atomic E-state index is -1.05. The summed E-state index contributed by atoms with van der Waals surface area (Å²) in [5.74, 6) is -4.17. The molecule has 1 rings (SSSR count). The van der Waals surface area contributed by atoms with E-state index in [1.165, 1.54) is 27.2 Å². The summed E-state index contributed by atoms with van der Waals surface area (Å²) in [6.07, 6.45) is 3.27. The minimum Gasteiger partial charge on any atom is -0.490 e. The first-order valence-electron chi connectivity index (χ1n) is 15.7. The Kier molecular flexibility index (Phi) is 19.2. The van der Waals surface area contributed by atoms with Crippen LogP contribution >= 0.6 is 0 Å². The molecule has 0 radical (unpaired) electrons. The van der Waals surface area contributed by atoms with Crippen molar-refractivity contribution in [2.75, 3.05) is 27.3 Å². The summed E-state index contributed by atoms with van der Waals surface area (Å²) in [6.45, 7) is 9.31. The standard InChI is InChI=1S/C34H50N6O8/c1-6-9-27(29(42)21-25(33(46)47-5)10-8-17-38-34(36)37-4)40-32(45)24(13-16-31(35)44)20-30(43)28(39-22(3)41)19-23-11-14-26(15-12-23)48-18-7-2/h6-7,11-12,14-15,24-25,27-28H,1-2,8-10,13,16-21H2,3-5H3,(H2,35,44)(H,39,41)(H,40,45)(H3,36,37,38)/t24-,25-,27+,28+/m1/s1. The van der Waals surface area contributed by atoms with E-state index in [0.717, 1.165) is 5.56 Å². The lowest BCUT2D eigenvalue weighted by molar-refractivity contribution is -0.147. The topological polar surface area (TPSA) is 221 Å². The van der Waals surface area contributed by atoms with Gasteiger partial charge in [0.15, 0.2) is 17.5 Å². The summed E-state index contributed by atoms with van der Waals surface area (Å²) in [6, 6.07) is 4.96. The van der Waals surface area contributed by atoms with Gasteiger partial charge in [-0.1, -0.05) is 30.9 Å². The Bertz CT molecular complexity index is 1300. The molecule has 0 bridgehead atoms. The SMILES string of the molecule is C=CCOc1ccc(C[C@H](NC(C)=O)C(=O)C[C@@H](CCC(N)=O)C(=O)N[C@@H](CC=C)C(=O)C[C@@H](CCCNC(N)=NC)C(=O)OC)cc1. The lowest BCUT2D eigenvalue weighted by atomic mass is 9.89. The van der Waals surface area contributed by atoms with Gasteiger partial charge >= 0.3 is 5.97 Å². The van der Waals surface area contributed by atoms with Gasteiger partial charge in [0, 0.05) is 45.7 Å². The van der Waals surface area contributed by atoms with Crippen molar-refractivity contribution in [2.24, 2.45) is 28.3 Å². The zero-order chi connectivity index (χ0) is 36.1. The number of Topliss-reactive ketones (excluding diaryl/α,β-unsaturated/α-hetero) is 2. The normalized spacial score (nSPS) is 13.5. The van der Waals surface area contributed by atoms with Gasteiger partial charge in [0.1, 0.15) is 12.4 Å². The molecule has 3 amide bonds. The molecule has 14 heteroatoms. The molecule has 48 heavy (non-hydrogen) atoms. The molecule has 14 nitrogen and oxygen atoms in total. The van der Waals surface area contributed by atoms with Gasteiger partial charge in [-0.3, -0.25) is 33.8 Å². The number of benzene rings is 1. The largest absolute Gasteiger partial charge is 0.490 e. The van der Waals surface area contributed by atoms with Crippen LogP contribution in [0.4, 0.5) is 0 Å². The van der Waals surface area contributed by atoms with Gasteiger partial charge in [0.2, 0.25) is 17.7 Å². The van der Waals surface area contributed by atoms with Crippen molar-refractivity contribution in [1.29, 1.82) is 0 Å². The number of carbonyl (C=O) groups excluding carboxylic acids is 6. The van der Waals surface area contributed by atoms with Gasteiger partial charge in [-0.25, -0.2) is 0 Å². The number of ether oxygens (including phenoxy) is 2. The second kappa shape index (κ2) is 22.5. The van der Waals surface area contributed by atoms with Gasteiger partial charge < -0.3 is 36.9 Å². The zero-order valence-corrected chi connectivity index (χ0v) is 28.1. The number of methoxy groups -OCH3 is 1. The van der Waals surface area contributed by atoms with E-state index in [1.807, 2.05) is 0 Å². The van der Waals surface area contributed by atoms with E-state index in [0.29, 0.717) is 31.7 Å². The fourth-order valence-corrected chi connectivity index (χ4v) is 4.86. The molecule has 0 unspecified atom stereocenters. The van der Waals surface area contributed by atoms with Crippen LogP contribution in [-0.2, 0) is 39.9 Å². The second-order valence-corrected chi connectivity index (χ2v) is 11.2. The van der Waals surface area contributed by atoms with Gasteiger partial charge in [-0.05, 0) is 49.8 Å². The first kappa shape index (κ1) is 41.0. The summed E-state index contributed by atoms with van der Waals surface area (Å²) in [4.78, 5) is 80.4. The molecule has 0 saturated carbocycles.